The molecule has 2 nitrogen and oxygen atoms in total. The van der Waals surface area contributed by atoms with Crippen molar-refractivity contribution in [3.63, 3.8) is 0 Å². The third-order valence-electron chi connectivity index (χ3n) is 3.55. The van der Waals surface area contributed by atoms with Crippen LogP contribution in [0, 0.1) is 6.92 Å². The largest absolute Gasteiger partial charge is 0.508 e. The number of hydrogen-bond acceptors (Lipinski definition) is 2. The van der Waals surface area contributed by atoms with Crippen LogP contribution in [0.2, 0.25) is 0 Å². The van der Waals surface area contributed by atoms with Crippen LogP contribution in [-0.4, -0.2) is 10.9 Å². The van der Waals surface area contributed by atoms with Crippen LogP contribution in [0.4, 0.5) is 0 Å². The Labute approximate surface area is 106 Å². The Hall–Kier alpha value is -2.09. The highest BCUT2D eigenvalue weighted by Crippen LogP contribution is 2.31. The molecule has 2 aromatic carbocycles. The van der Waals surface area contributed by atoms with Gasteiger partial charge in [0.15, 0.2) is 5.78 Å². The number of carbonyl (C=O) groups is 1. The number of Topliss-reactive ketones (excluding diaryl/α,β-unsaturated/α-hetero) is 1. The van der Waals surface area contributed by atoms with Gasteiger partial charge in [-0.2, -0.15) is 0 Å². The summed E-state index contributed by atoms with van der Waals surface area (Å²) in [5.74, 6) is 0.534. The summed E-state index contributed by atoms with van der Waals surface area (Å²) in [4.78, 5) is 11.6. The molecule has 0 radical (unpaired) electrons. The molecule has 0 atom stereocenters. The molecule has 0 aromatic heterocycles. The predicted octanol–water partition coefficient (Wildman–Crippen LogP) is 3.50. The summed E-state index contributed by atoms with van der Waals surface area (Å²) in [5, 5.41) is 9.43. The van der Waals surface area contributed by atoms with E-state index >= 15 is 0 Å². The van der Waals surface area contributed by atoms with E-state index in [2.05, 4.69) is 6.07 Å². The third kappa shape index (κ3) is 1.70. The van der Waals surface area contributed by atoms with Gasteiger partial charge < -0.3 is 5.11 Å². The first-order valence-corrected chi connectivity index (χ1v) is 6.11. The van der Waals surface area contributed by atoms with E-state index in [1.165, 1.54) is 0 Å². The second-order valence-electron chi connectivity index (χ2n) is 4.79. The van der Waals surface area contributed by atoms with E-state index in [0.717, 1.165) is 34.2 Å². The molecule has 2 aromatic rings. The molecule has 2 heteroatoms. The van der Waals surface area contributed by atoms with Crippen molar-refractivity contribution >= 4 is 5.78 Å². The van der Waals surface area contributed by atoms with Crippen molar-refractivity contribution in [2.75, 3.05) is 0 Å². The van der Waals surface area contributed by atoms with E-state index in [4.69, 9.17) is 0 Å². The standard InChI is InChI=1S/C16H14O2/c1-10-8-13(17)4-6-14(10)11-2-5-15-12(9-11)3-7-16(15)18/h2,4-6,8-9,17H,3,7H2,1H3. The van der Waals surface area contributed by atoms with E-state index in [9.17, 15) is 9.90 Å². The van der Waals surface area contributed by atoms with Crippen molar-refractivity contribution in [3.05, 3.63) is 53.1 Å². The Morgan fingerprint density at radius 1 is 1.00 bits per heavy atom. The Morgan fingerprint density at radius 3 is 2.56 bits per heavy atom. The number of aryl methyl sites for hydroxylation is 2. The van der Waals surface area contributed by atoms with Gasteiger partial charge in [-0.15, -0.1) is 0 Å². The van der Waals surface area contributed by atoms with Crippen LogP contribution in [0.3, 0.4) is 0 Å². The molecule has 1 N–H and O–H groups in total. The van der Waals surface area contributed by atoms with Crippen molar-refractivity contribution in [2.24, 2.45) is 0 Å². The molecular weight excluding hydrogens is 224 g/mol. The summed E-state index contributed by atoms with van der Waals surface area (Å²) in [6, 6.07) is 11.4. The lowest BCUT2D eigenvalue weighted by Crippen LogP contribution is -1.91. The maximum Gasteiger partial charge on any atom is 0.163 e. The monoisotopic (exact) mass is 238 g/mol. The molecule has 18 heavy (non-hydrogen) atoms. The highest BCUT2D eigenvalue weighted by Gasteiger charge is 2.19. The lowest BCUT2D eigenvalue weighted by atomic mass is 9.97. The van der Waals surface area contributed by atoms with Gasteiger partial charge in [-0.25, -0.2) is 0 Å². The molecule has 0 spiro atoms. The van der Waals surface area contributed by atoms with Gasteiger partial charge in [-0.3, -0.25) is 4.79 Å². The van der Waals surface area contributed by atoms with Crippen LogP contribution in [0.1, 0.15) is 27.9 Å². The van der Waals surface area contributed by atoms with Gasteiger partial charge in [0.25, 0.3) is 0 Å². The summed E-state index contributed by atoms with van der Waals surface area (Å²) in [5.41, 5.74) is 5.27. The lowest BCUT2D eigenvalue weighted by Gasteiger charge is -2.08. The van der Waals surface area contributed by atoms with E-state index in [1.807, 2.05) is 25.1 Å². The molecule has 0 amide bonds. The second kappa shape index (κ2) is 3.98. The molecule has 0 unspecified atom stereocenters. The summed E-state index contributed by atoms with van der Waals surface area (Å²) < 4.78 is 0. The fourth-order valence-corrected chi connectivity index (χ4v) is 2.59. The number of fused-ring (bicyclic) bond motifs is 1. The minimum Gasteiger partial charge on any atom is -0.508 e. The summed E-state index contributed by atoms with van der Waals surface area (Å²) in [7, 11) is 0. The number of rotatable bonds is 1. The van der Waals surface area contributed by atoms with Crippen molar-refractivity contribution in [2.45, 2.75) is 19.8 Å². The first kappa shape index (κ1) is 11.0. The Bertz CT molecular complexity index is 642. The topological polar surface area (TPSA) is 37.3 Å². The molecule has 1 aliphatic carbocycles. The van der Waals surface area contributed by atoms with Crippen LogP contribution in [0.15, 0.2) is 36.4 Å². The molecule has 3 rings (SSSR count). The van der Waals surface area contributed by atoms with E-state index < -0.39 is 0 Å². The number of aromatic hydroxyl groups is 1. The lowest BCUT2D eigenvalue weighted by molar-refractivity contribution is 0.0994. The van der Waals surface area contributed by atoms with Crippen LogP contribution >= 0.6 is 0 Å². The van der Waals surface area contributed by atoms with Crippen molar-refractivity contribution < 1.29 is 9.90 Å². The Balaban J connectivity index is 2.10. The highest BCUT2D eigenvalue weighted by molar-refractivity contribution is 6.01. The summed E-state index contributed by atoms with van der Waals surface area (Å²) in [6.45, 7) is 1.98. The quantitative estimate of drug-likeness (QED) is 0.825. The summed E-state index contributed by atoms with van der Waals surface area (Å²) >= 11 is 0. The Kier molecular flexibility index (Phi) is 2.44. The van der Waals surface area contributed by atoms with Gasteiger partial charge in [-0.05, 0) is 47.7 Å². The first-order chi connectivity index (χ1) is 8.65. The predicted molar refractivity (Wildman–Crippen MR) is 70.9 cm³/mol. The van der Waals surface area contributed by atoms with Crippen LogP contribution in [0.25, 0.3) is 11.1 Å². The molecule has 90 valence electrons. The maximum absolute atomic E-state index is 11.6. The molecule has 0 saturated carbocycles. The fraction of sp³-hybridized carbons (Fsp3) is 0.188. The summed E-state index contributed by atoms with van der Waals surface area (Å²) in [6.07, 6.45) is 1.48. The number of carbonyl (C=O) groups excluding carboxylic acids is 1. The van der Waals surface area contributed by atoms with Crippen LogP contribution < -0.4 is 0 Å². The minimum atomic E-state index is 0.249. The zero-order chi connectivity index (χ0) is 12.7. The zero-order valence-corrected chi connectivity index (χ0v) is 10.2. The molecule has 0 saturated heterocycles. The van der Waals surface area contributed by atoms with Crippen LogP contribution in [-0.2, 0) is 6.42 Å². The average Bonchev–Trinajstić information content (AvgIpc) is 2.71. The number of ketones is 1. The van der Waals surface area contributed by atoms with Crippen molar-refractivity contribution in [1.29, 1.82) is 0 Å². The molecule has 0 heterocycles. The van der Waals surface area contributed by atoms with Crippen molar-refractivity contribution in [3.8, 4) is 16.9 Å². The van der Waals surface area contributed by atoms with Gasteiger partial charge >= 0.3 is 0 Å². The smallest absolute Gasteiger partial charge is 0.163 e. The number of phenolic OH excluding ortho intramolecular Hbond substituents is 1. The number of benzene rings is 2. The highest BCUT2D eigenvalue weighted by atomic mass is 16.3. The number of hydrogen-bond donors (Lipinski definition) is 1. The normalized spacial score (nSPS) is 13.7. The van der Waals surface area contributed by atoms with Gasteiger partial charge in [0, 0.05) is 12.0 Å². The molecule has 0 fully saturated rings. The molecule has 0 bridgehead atoms. The third-order valence-corrected chi connectivity index (χ3v) is 3.55. The Morgan fingerprint density at radius 2 is 1.78 bits per heavy atom. The maximum atomic E-state index is 11.6. The minimum absolute atomic E-state index is 0.249. The molecule has 0 aliphatic heterocycles. The molecular formula is C16H14O2. The molecule has 1 aliphatic rings. The zero-order valence-electron chi connectivity index (χ0n) is 10.2. The van der Waals surface area contributed by atoms with E-state index in [-0.39, 0.29) is 11.5 Å². The average molecular weight is 238 g/mol. The van der Waals surface area contributed by atoms with E-state index in [0.29, 0.717) is 6.42 Å². The fourth-order valence-electron chi connectivity index (χ4n) is 2.59. The first-order valence-electron chi connectivity index (χ1n) is 6.11. The SMILES string of the molecule is Cc1cc(O)ccc1-c1ccc2c(c1)CCC2=O. The van der Waals surface area contributed by atoms with Gasteiger partial charge in [0.05, 0.1) is 0 Å². The van der Waals surface area contributed by atoms with E-state index in [1.54, 1.807) is 12.1 Å². The van der Waals surface area contributed by atoms with Gasteiger partial charge in [0.2, 0.25) is 0 Å². The van der Waals surface area contributed by atoms with Crippen LogP contribution in [0.5, 0.6) is 5.75 Å². The van der Waals surface area contributed by atoms with Gasteiger partial charge in [-0.1, -0.05) is 24.3 Å². The second-order valence-corrected chi connectivity index (χ2v) is 4.79. The number of phenols is 1. The van der Waals surface area contributed by atoms with Gasteiger partial charge in [0.1, 0.15) is 5.75 Å². The van der Waals surface area contributed by atoms with Crippen molar-refractivity contribution in [1.82, 2.24) is 0 Å².